The quantitative estimate of drug-likeness (QED) is 0.895. The summed E-state index contributed by atoms with van der Waals surface area (Å²) in [6, 6.07) is 14.7. The van der Waals surface area contributed by atoms with Gasteiger partial charge in [0.25, 0.3) is 0 Å². The maximum Gasteiger partial charge on any atom is 0.336 e. The molecule has 2 aromatic carbocycles. The van der Waals surface area contributed by atoms with Crippen molar-refractivity contribution in [1.82, 2.24) is 0 Å². The van der Waals surface area contributed by atoms with E-state index >= 15 is 0 Å². The fourth-order valence-corrected chi connectivity index (χ4v) is 1.97. The topological polar surface area (TPSA) is 46.5 Å². The van der Waals surface area contributed by atoms with Gasteiger partial charge in [0.05, 0.1) is 12.2 Å². The van der Waals surface area contributed by atoms with Crippen molar-refractivity contribution in [2.45, 2.75) is 6.61 Å². The summed E-state index contributed by atoms with van der Waals surface area (Å²) in [6.45, 7) is 0.462. The second-order valence-corrected chi connectivity index (χ2v) is 3.94. The molecule has 0 saturated heterocycles. The molecule has 3 heteroatoms. The summed E-state index contributed by atoms with van der Waals surface area (Å²) in [5.74, 6) is -0.919. The number of carboxylic acids is 1. The molecule has 0 unspecified atom stereocenters. The normalized spacial score (nSPS) is 10.3. The molecule has 1 N–H and O–H groups in total. The van der Waals surface area contributed by atoms with Crippen LogP contribution >= 0.6 is 0 Å². The lowest BCUT2D eigenvalue weighted by molar-refractivity contribution is 0.0697. The molecule has 0 aliphatic heterocycles. The summed E-state index contributed by atoms with van der Waals surface area (Å²) in [6.07, 6.45) is 0. The molecule has 2 rings (SSSR count). The van der Waals surface area contributed by atoms with E-state index in [1.807, 2.05) is 36.4 Å². The van der Waals surface area contributed by atoms with E-state index in [2.05, 4.69) is 0 Å². The Morgan fingerprint density at radius 3 is 2.33 bits per heavy atom. The minimum atomic E-state index is -0.919. The van der Waals surface area contributed by atoms with Crippen LogP contribution in [0.1, 0.15) is 15.9 Å². The molecule has 18 heavy (non-hydrogen) atoms. The van der Waals surface area contributed by atoms with Crippen LogP contribution in [0.2, 0.25) is 0 Å². The van der Waals surface area contributed by atoms with E-state index in [9.17, 15) is 9.90 Å². The summed E-state index contributed by atoms with van der Waals surface area (Å²) in [5, 5.41) is 9.22. The van der Waals surface area contributed by atoms with Crippen LogP contribution in [-0.4, -0.2) is 18.2 Å². The average Bonchev–Trinajstić information content (AvgIpc) is 2.40. The molecule has 0 spiro atoms. The molecular weight excluding hydrogens is 228 g/mol. The van der Waals surface area contributed by atoms with Crippen molar-refractivity contribution in [3.8, 4) is 11.1 Å². The van der Waals surface area contributed by atoms with E-state index in [0.29, 0.717) is 12.2 Å². The van der Waals surface area contributed by atoms with E-state index in [1.165, 1.54) is 0 Å². The molecule has 0 aliphatic carbocycles. The van der Waals surface area contributed by atoms with Gasteiger partial charge in [-0.15, -0.1) is 0 Å². The van der Waals surface area contributed by atoms with Crippen LogP contribution in [0.4, 0.5) is 0 Å². The van der Waals surface area contributed by atoms with Gasteiger partial charge in [-0.1, -0.05) is 42.5 Å². The Hall–Kier alpha value is -2.13. The van der Waals surface area contributed by atoms with Gasteiger partial charge < -0.3 is 9.84 Å². The summed E-state index contributed by atoms with van der Waals surface area (Å²) >= 11 is 0. The molecule has 0 aliphatic rings. The van der Waals surface area contributed by atoms with Crippen molar-refractivity contribution in [3.63, 3.8) is 0 Å². The highest BCUT2D eigenvalue weighted by Gasteiger charge is 2.13. The zero-order valence-corrected chi connectivity index (χ0v) is 10.1. The molecule has 0 radical (unpaired) electrons. The van der Waals surface area contributed by atoms with Gasteiger partial charge in [0.15, 0.2) is 0 Å². The molecule has 0 heterocycles. The summed E-state index contributed by atoms with van der Waals surface area (Å²) in [5.41, 5.74) is 2.91. The third-order valence-corrected chi connectivity index (χ3v) is 2.76. The van der Waals surface area contributed by atoms with Crippen molar-refractivity contribution in [2.24, 2.45) is 0 Å². The second kappa shape index (κ2) is 5.47. The number of hydrogen-bond acceptors (Lipinski definition) is 2. The highest BCUT2D eigenvalue weighted by Crippen LogP contribution is 2.27. The van der Waals surface area contributed by atoms with Crippen LogP contribution < -0.4 is 0 Å². The number of benzene rings is 2. The van der Waals surface area contributed by atoms with Crippen LogP contribution in [0.25, 0.3) is 11.1 Å². The first-order valence-electron chi connectivity index (χ1n) is 5.63. The predicted octanol–water partition coefficient (Wildman–Crippen LogP) is 3.20. The number of ether oxygens (including phenoxy) is 1. The third kappa shape index (κ3) is 2.41. The molecule has 0 fully saturated rings. The molecule has 0 atom stereocenters. The van der Waals surface area contributed by atoms with Crippen molar-refractivity contribution < 1.29 is 14.6 Å². The lowest BCUT2D eigenvalue weighted by Crippen LogP contribution is -2.01. The van der Waals surface area contributed by atoms with Crippen LogP contribution in [0, 0.1) is 0 Å². The standard InChI is InChI=1S/C15H14O3/c1-18-10-11-6-2-3-7-12(11)13-8-4-5-9-14(13)15(16)17/h2-9H,10H2,1H3,(H,16,17). The van der Waals surface area contributed by atoms with Crippen LogP contribution in [0.3, 0.4) is 0 Å². The molecule has 0 bridgehead atoms. The Labute approximate surface area is 106 Å². The first kappa shape index (κ1) is 12.3. The Kier molecular flexibility index (Phi) is 3.75. The largest absolute Gasteiger partial charge is 0.478 e. The van der Waals surface area contributed by atoms with Crippen molar-refractivity contribution in [1.29, 1.82) is 0 Å². The van der Waals surface area contributed by atoms with Crippen LogP contribution in [-0.2, 0) is 11.3 Å². The fraction of sp³-hybridized carbons (Fsp3) is 0.133. The molecule has 2 aromatic rings. The van der Waals surface area contributed by atoms with Gasteiger partial charge >= 0.3 is 5.97 Å². The van der Waals surface area contributed by atoms with Gasteiger partial charge in [-0.25, -0.2) is 4.79 Å². The van der Waals surface area contributed by atoms with E-state index in [0.717, 1.165) is 16.7 Å². The SMILES string of the molecule is COCc1ccccc1-c1ccccc1C(=O)O. The number of carbonyl (C=O) groups is 1. The summed E-state index contributed by atoms with van der Waals surface area (Å²) < 4.78 is 5.14. The molecule has 0 saturated carbocycles. The molecule has 0 aromatic heterocycles. The van der Waals surface area contributed by atoms with Gasteiger partial charge in [0, 0.05) is 7.11 Å². The van der Waals surface area contributed by atoms with E-state index in [1.54, 1.807) is 19.2 Å². The summed E-state index contributed by atoms with van der Waals surface area (Å²) in [4.78, 5) is 11.2. The minimum absolute atomic E-state index is 0.307. The highest BCUT2D eigenvalue weighted by molar-refractivity contribution is 5.96. The first-order chi connectivity index (χ1) is 8.74. The number of rotatable bonds is 4. The zero-order valence-electron chi connectivity index (χ0n) is 10.1. The Bertz CT molecular complexity index is 561. The zero-order chi connectivity index (χ0) is 13.0. The van der Waals surface area contributed by atoms with Crippen molar-refractivity contribution in [3.05, 3.63) is 59.7 Å². The second-order valence-electron chi connectivity index (χ2n) is 3.94. The maximum absolute atomic E-state index is 11.2. The Morgan fingerprint density at radius 2 is 1.67 bits per heavy atom. The van der Waals surface area contributed by atoms with Crippen molar-refractivity contribution >= 4 is 5.97 Å². The van der Waals surface area contributed by atoms with Gasteiger partial charge in [-0.3, -0.25) is 0 Å². The first-order valence-corrected chi connectivity index (χ1v) is 5.63. The van der Waals surface area contributed by atoms with Crippen molar-refractivity contribution in [2.75, 3.05) is 7.11 Å². The molecule has 0 amide bonds. The van der Waals surface area contributed by atoms with Crippen LogP contribution in [0.15, 0.2) is 48.5 Å². The maximum atomic E-state index is 11.2. The van der Waals surface area contributed by atoms with E-state index < -0.39 is 5.97 Å². The number of methoxy groups -OCH3 is 1. The fourth-order valence-electron chi connectivity index (χ4n) is 1.97. The highest BCUT2D eigenvalue weighted by atomic mass is 16.5. The van der Waals surface area contributed by atoms with E-state index in [-0.39, 0.29) is 0 Å². The lowest BCUT2D eigenvalue weighted by atomic mass is 9.96. The average molecular weight is 242 g/mol. The smallest absolute Gasteiger partial charge is 0.336 e. The Balaban J connectivity index is 2.58. The van der Waals surface area contributed by atoms with Crippen LogP contribution in [0.5, 0.6) is 0 Å². The molecule has 3 nitrogen and oxygen atoms in total. The number of hydrogen-bond donors (Lipinski definition) is 1. The third-order valence-electron chi connectivity index (χ3n) is 2.76. The summed E-state index contributed by atoms with van der Waals surface area (Å²) in [7, 11) is 1.62. The Morgan fingerprint density at radius 1 is 1.06 bits per heavy atom. The minimum Gasteiger partial charge on any atom is -0.478 e. The van der Waals surface area contributed by atoms with Gasteiger partial charge in [-0.05, 0) is 22.8 Å². The number of aromatic carboxylic acids is 1. The molecular formula is C15H14O3. The van der Waals surface area contributed by atoms with Gasteiger partial charge in [-0.2, -0.15) is 0 Å². The lowest BCUT2D eigenvalue weighted by Gasteiger charge is -2.11. The molecule has 92 valence electrons. The van der Waals surface area contributed by atoms with E-state index in [4.69, 9.17) is 4.74 Å². The number of carboxylic acid groups (broad SMARTS) is 1. The monoisotopic (exact) mass is 242 g/mol. The van der Waals surface area contributed by atoms with Gasteiger partial charge in [0.1, 0.15) is 0 Å². The predicted molar refractivity (Wildman–Crippen MR) is 69.6 cm³/mol. The van der Waals surface area contributed by atoms with Gasteiger partial charge in [0.2, 0.25) is 0 Å².